The van der Waals surface area contributed by atoms with E-state index in [-0.39, 0.29) is 0 Å². The van der Waals surface area contributed by atoms with Crippen LogP contribution in [0.15, 0.2) is 17.0 Å². The molecule has 0 unspecified atom stereocenters. The maximum Gasteiger partial charge on any atom is 0.180 e. The summed E-state index contributed by atoms with van der Waals surface area (Å²) in [6.45, 7) is 3.20. The molecule has 11 heavy (non-hydrogen) atoms. The van der Waals surface area contributed by atoms with Gasteiger partial charge in [-0.25, -0.2) is 4.98 Å². The molecule has 1 N–H and O–H groups in total. The lowest BCUT2D eigenvalue weighted by molar-refractivity contribution is 0.487. The number of hydrogen-bond acceptors (Lipinski definition) is 3. The Bertz CT molecular complexity index is 243. The third-order valence-corrected chi connectivity index (χ3v) is 1.17. The Morgan fingerprint density at radius 1 is 1.73 bits per heavy atom. The Kier molecular flexibility index (Phi) is 3.23. The number of nitrogens with zero attached hydrogens (tertiary/aromatic N) is 1. The van der Waals surface area contributed by atoms with E-state index in [9.17, 15) is 0 Å². The van der Waals surface area contributed by atoms with Gasteiger partial charge >= 0.3 is 0 Å². The minimum atomic E-state index is 0.689. The molecule has 0 saturated heterocycles. The van der Waals surface area contributed by atoms with Crippen LogP contribution < -0.4 is 5.32 Å². The molecule has 0 aliphatic rings. The largest absolute Gasteiger partial charge is 0.447 e. The van der Waals surface area contributed by atoms with E-state index in [2.05, 4.69) is 22.1 Å². The monoisotopic (exact) mass is 150 g/mol. The first-order valence-corrected chi connectivity index (χ1v) is 3.41. The van der Waals surface area contributed by atoms with Crippen molar-refractivity contribution >= 4 is 0 Å². The first-order chi connectivity index (χ1) is 5.43. The van der Waals surface area contributed by atoms with Gasteiger partial charge in [-0.2, -0.15) is 0 Å². The molecule has 1 heterocycles. The lowest BCUT2D eigenvalue weighted by Crippen LogP contribution is -2.12. The predicted molar refractivity (Wildman–Crippen MR) is 41.7 cm³/mol. The van der Waals surface area contributed by atoms with E-state index in [0.29, 0.717) is 13.1 Å². The predicted octanol–water partition coefficient (Wildman–Crippen LogP) is 0.788. The second-order valence-electron chi connectivity index (χ2n) is 2.00. The first-order valence-electron chi connectivity index (χ1n) is 3.41. The third kappa shape index (κ3) is 2.87. The van der Waals surface area contributed by atoms with E-state index in [1.54, 1.807) is 6.20 Å². The maximum atomic E-state index is 4.99. The molecule has 0 bridgehead atoms. The van der Waals surface area contributed by atoms with E-state index in [1.807, 2.05) is 6.92 Å². The van der Waals surface area contributed by atoms with E-state index in [4.69, 9.17) is 4.42 Å². The van der Waals surface area contributed by atoms with Crippen LogP contribution in [0.1, 0.15) is 12.7 Å². The van der Waals surface area contributed by atoms with Gasteiger partial charge in [0.15, 0.2) is 6.39 Å². The second-order valence-corrected chi connectivity index (χ2v) is 2.00. The SMILES string of the molecule is CC#CCNCc1cnco1. The minimum absolute atomic E-state index is 0.689. The van der Waals surface area contributed by atoms with E-state index in [1.165, 1.54) is 6.39 Å². The molecular weight excluding hydrogens is 140 g/mol. The molecule has 1 aromatic heterocycles. The zero-order chi connectivity index (χ0) is 7.94. The highest BCUT2D eigenvalue weighted by atomic mass is 16.3. The molecule has 1 aromatic rings. The molecule has 0 spiro atoms. The smallest absolute Gasteiger partial charge is 0.180 e. The summed E-state index contributed by atoms with van der Waals surface area (Å²) in [6.07, 6.45) is 3.11. The highest BCUT2D eigenvalue weighted by Gasteiger charge is 1.92. The van der Waals surface area contributed by atoms with Gasteiger partial charge in [0, 0.05) is 0 Å². The Hall–Kier alpha value is -1.27. The summed E-state index contributed by atoms with van der Waals surface area (Å²) in [4.78, 5) is 3.78. The Morgan fingerprint density at radius 2 is 2.64 bits per heavy atom. The number of rotatable bonds is 3. The fourth-order valence-corrected chi connectivity index (χ4v) is 0.666. The van der Waals surface area contributed by atoms with Crippen molar-refractivity contribution in [1.82, 2.24) is 10.3 Å². The summed E-state index contributed by atoms with van der Waals surface area (Å²) in [6, 6.07) is 0. The van der Waals surface area contributed by atoms with Gasteiger partial charge in [-0.1, -0.05) is 5.92 Å². The molecule has 0 atom stereocenters. The molecule has 3 heteroatoms. The van der Waals surface area contributed by atoms with Crippen LogP contribution in [0.5, 0.6) is 0 Å². The van der Waals surface area contributed by atoms with Crippen molar-refractivity contribution in [2.45, 2.75) is 13.5 Å². The van der Waals surface area contributed by atoms with Gasteiger partial charge < -0.3 is 4.42 Å². The number of nitrogens with one attached hydrogen (secondary N) is 1. The van der Waals surface area contributed by atoms with Crippen molar-refractivity contribution < 1.29 is 4.42 Å². The molecule has 58 valence electrons. The van der Waals surface area contributed by atoms with Crippen LogP contribution in [-0.2, 0) is 6.54 Å². The molecule has 0 aromatic carbocycles. The maximum absolute atomic E-state index is 4.99. The van der Waals surface area contributed by atoms with Crippen molar-refractivity contribution in [2.24, 2.45) is 0 Å². The van der Waals surface area contributed by atoms with Gasteiger partial charge in [0.05, 0.1) is 19.3 Å². The third-order valence-electron chi connectivity index (χ3n) is 1.17. The van der Waals surface area contributed by atoms with Crippen LogP contribution in [0, 0.1) is 11.8 Å². The number of hydrogen-bond donors (Lipinski definition) is 1. The summed E-state index contributed by atoms with van der Waals surface area (Å²) in [5.41, 5.74) is 0. The lowest BCUT2D eigenvalue weighted by Gasteiger charge is -1.93. The van der Waals surface area contributed by atoms with Crippen LogP contribution in [0.25, 0.3) is 0 Å². The summed E-state index contributed by atoms with van der Waals surface area (Å²) in [7, 11) is 0. The van der Waals surface area contributed by atoms with Crippen LogP contribution in [0.2, 0.25) is 0 Å². The quantitative estimate of drug-likeness (QED) is 0.511. The summed E-state index contributed by atoms with van der Waals surface area (Å²) in [5, 5.41) is 3.08. The Morgan fingerprint density at radius 3 is 3.27 bits per heavy atom. The van der Waals surface area contributed by atoms with Crippen LogP contribution in [0.4, 0.5) is 0 Å². The molecule has 0 aliphatic heterocycles. The number of aromatic nitrogens is 1. The average molecular weight is 150 g/mol. The summed E-state index contributed by atoms with van der Waals surface area (Å²) in [5.74, 6) is 6.51. The van der Waals surface area contributed by atoms with Crippen molar-refractivity contribution in [3.8, 4) is 11.8 Å². The van der Waals surface area contributed by atoms with E-state index in [0.717, 1.165) is 5.76 Å². The molecule has 0 amide bonds. The normalized spacial score (nSPS) is 8.82. The van der Waals surface area contributed by atoms with Crippen molar-refractivity contribution in [3.63, 3.8) is 0 Å². The Balaban J connectivity index is 2.17. The van der Waals surface area contributed by atoms with E-state index < -0.39 is 0 Å². The zero-order valence-electron chi connectivity index (χ0n) is 6.42. The lowest BCUT2D eigenvalue weighted by atomic mass is 10.5. The van der Waals surface area contributed by atoms with Gasteiger partial charge in [0.25, 0.3) is 0 Å². The van der Waals surface area contributed by atoms with Gasteiger partial charge in [-0.15, -0.1) is 5.92 Å². The van der Waals surface area contributed by atoms with Crippen molar-refractivity contribution in [1.29, 1.82) is 0 Å². The van der Waals surface area contributed by atoms with Crippen molar-refractivity contribution in [2.75, 3.05) is 6.54 Å². The fraction of sp³-hybridized carbons (Fsp3) is 0.375. The zero-order valence-corrected chi connectivity index (χ0v) is 6.42. The molecule has 0 fully saturated rings. The van der Waals surface area contributed by atoms with Gasteiger partial charge in [-0.3, -0.25) is 5.32 Å². The molecule has 0 saturated carbocycles. The first kappa shape index (κ1) is 7.83. The summed E-state index contributed by atoms with van der Waals surface area (Å²) >= 11 is 0. The van der Waals surface area contributed by atoms with Crippen molar-refractivity contribution in [3.05, 3.63) is 18.4 Å². The Labute approximate surface area is 65.8 Å². The fourth-order valence-electron chi connectivity index (χ4n) is 0.666. The molecule has 0 aliphatic carbocycles. The highest BCUT2D eigenvalue weighted by molar-refractivity contribution is 4.98. The minimum Gasteiger partial charge on any atom is -0.447 e. The van der Waals surface area contributed by atoms with Gasteiger partial charge in [0.2, 0.25) is 0 Å². The molecule has 0 radical (unpaired) electrons. The molecule has 1 rings (SSSR count). The highest BCUT2D eigenvalue weighted by Crippen LogP contribution is 1.93. The van der Waals surface area contributed by atoms with E-state index >= 15 is 0 Å². The molecule has 3 nitrogen and oxygen atoms in total. The topological polar surface area (TPSA) is 38.1 Å². The second kappa shape index (κ2) is 4.53. The summed E-state index contributed by atoms with van der Waals surface area (Å²) < 4.78 is 4.99. The van der Waals surface area contributed by atoms with Crippen LogP contribution >= 0.6 is 0 Å². The molecular formula is C8H10N2O. The van der Waals surface area contributed by atoms with Crippen LogP contribution in [-0.4, -0.2) is 11.5 Å². The number of oxazole rings is 1. The van der Waals surface area contributed by atoms with Gasteiger partial charge in [-0.05, 0) is 6.92 Å². The van der Waals surface area contributed by atoms with Crippen LogP contribution in [0.3, 0.4) is 0 Å². The average Bonchev–Trinajstić information content (AvgIpc) is 2.50. The standard InChI is InChI=1S/C8H10N2O/c1-2-3-4-9-5-8-6-10-7-11-8/h6-7,9H,4-5H2,1H3. The van der Waals surface area contributed by atoms with Gasteiger partial charge in [0.1, 0.15) is 5.76 Å².